The third-order valence-electron chi connectivity index (χ3n) is 3.97. The van der Waals surface area contributed by atoms with Crippen molar-refractivity contribution >= 4 is 27.9 Å². The van der Waals surface area contributed by atoms with Crippen LogP contribution in [-0.2, 0) is 6.54 Å². The van der Waals surface area contributed by atoms with Crippen molar-refractivity contribution in [2.45, 2.75) is 6.54 Å². The van der Waals surface area contributed by atoms with Gasteiger partial charge in [-0.3, -0.25) is 4.79 Å². The summed E-state index contributed by atoms with van der Waals surface area (Å²) in [6.45, 7) is 0.451. The standard InChI is InChI=1S/C18H19N3O4.BrH/c1-23-13-8-12-14(16(25-3)15(13)24-2)20-17(21-18(12)22)11-6-4-10(9-19)5-7-11;/h4-8H,9,19H2,1-3H3,(H,20,21,22);1H. The molecule has 0 unspecified atom stereocenters. The van der Waals surface area contributed by atoms with Crippen LogP contribution in [0.5, 0.6) is 17.2 Å². The van der Waals surface area contributed by atoms with Crippen LogP contribution in [-0.4, -0.2) is 31.3 Å². The highest BCUT2D eigenvalue weighted by molar-refractivity contribution is 8.93. The van der Waals surface area contributed by atoms with E-state index >= 15 is 0 Å². The zero-order valence-corrected chi connectivity index (χ0v) is 16.4. The topological polar surface area (TPSA) is 99.5 Å². The molecule has 0 spiro atoms. The number of nitrogens with zero attached hydrogens (tertiary/aromatic N) is 1. The molecule has 0 radical (unpaired) electrons. The average Bonchev–Trinajstić information content (AvgIpc) is 2.66. The summed E-state index contributed by atoms with van der Waals surface area (Å²) in [7, 11) is 4.50. The number of H-pyrrole nitrogens is 1. The van der Waals surface area contributed by atoms with Crippen molar-refractivity contribution in [2.75, 3.05) is 21.3 Å². The van der Waals surface area contributed by atoms with Gasteiger partial charge < -0.3 is 24.9 Å². The maximum atomic E-state index is 12.6. The maximum Gasteiger partial charge on any atom is 0.259 e. The Balaban J connectivity index is 0.00000243. The molecule has 0 bridgehead atoms. The smallest absolute Gasteiger partial charge is 0.259 e. The minimum atomic E-state index is -0.290. The van der Waals surface area contributed by atoms with E-state index in [9.17, 15) is 4.79 Å². The van der Waals surface area contributed by atoms with E-state index in [1.54, 1.807) is 6.07 Å². The van der Waals surface area contributed by atoms with Crippen molar-refractivity contribution in [3.8, 4) is 28.6 Å². The summed E-state index contributed by atoms with van der Waals surface area (Å²) in [5.74, 6) is 1.58. The molecule has 3 N–H and O–H groups in total. The van der Waals surface area contributed by atoms with Crippen LogP contribution in [0.15, 0.2) is 35.1 Å². The number of nitrogens with one attached hydrogen (secondary N) is 1. The van der Waals surface area contributed by atoms with Gasteiger partial charge in [0.25, 0.3) is 5.56 Å². The lowest BCUT2D eigenvalue weighted by Crippen LogP contribution is -2.11. The van der Waals surface area contributed by atoms with Crippen LogP contribution in [0.4, 0.5) is 0 Å². The third-order valence-corrected chi connectivity index (χ3v) is 3.97. The molecular weight excluding hydrogens is 402 g/mol. The molecule has 1 heterocycles. The Labute approximate surface area is 160 Å². The molecular formula is C18H20BrN3O4. The van der Waals surface area contributed by atoms with Gasteiger partial charge in [0.05, 0.1) is 26.7 Å². The predicted octanol–water partition coefficient (Wildman–Crippen LogP) is 2.65. The summed E-state index contributed by atoms with van der Waals surface area (Å²) in [4.78, 5) is 19.9. The van der Waals surface area contributed by atoms with Gasteiger partial charge >= 0.3 is 0 Å². The number of halogens is 1. The van der Waals surface area contributed by atoms with Gasteiger partial charge in [-0.15, -0.1) is 17.0 Å². The van der Waals surface area contributed by atoms with E-state index < -0.39 is 0 Å². The van der Waals surface area contributed by atoms with Crippen molar-refractivity contribution in [3.63, 3.8) is 0 Å². The van der Waals surface area contributed by atoms with Gasteiger partial charge in [0, 0.05) is 12.1 Å². The molecule has 0 saturated carbocycles. The molecule has 0 aliphatic heterocycles. The maximum absolute atomic E-state index is 12.6. The number of nitrogens with two attached hydrogens (primary N) is 1. The lowest BCUT2D eigenvalue weighted by Gasteiger charge is -2.14. The molecule has 3 rings (SSSR count). The molecule has 3 aromatic rings. The fourth-order valence-electron chi connectivity index (χ4n) is 2.68. The molecule has 2 aromatic carbocycles. The van der Waals surface area contributed by atoms with Gasteiger partial charge in [0.15, 0.2) is 11.5 Å². The fraction of sp³-hybridized carbons (Fsp3) is 0.222. The molecule has 0 atom stereocenters. The number of benzene rings is 2. The monoisotopic (exact) mass is 421 g/mol. The molecule has 8 heteroatoms. The van der Waals surface area contributed by atoms with E-state index in [0.29, 0.717) is 40.5 Å². The normalized spacial score (nSPS) is 10.3. The van der Waals surface area contributed by atoms with Gasteiger partial charge in [0.1, 0.15) is 11.3 Å². The molecule has 26 heavy (non-hydrogen) atoms. The van der Waals surface area contributed by atoms with E-state index in [1.807, 2.05) is 24.3 Å². The highest BCUT2D eigenvalue weighted by atomic mass is 79.9. The number of methoxy groups -OCH3 is 3. The first-order valence-electron chi connectivity index (χ1n) is 7.65. The molecule has 1 aromatic heterocycles. The van der Waals surface area contributed by atoms with Crippen molar-refractivity contribution in [3.05, 3.63) is 46.2 Å². The lowest BCUT2D eigenvalue weighted by molar-refractivity contribution is 0.327. The number of aromatic nitrogens is 2. The molecule has 7 nitrogen and oxygen atoms in total. The highest BCUT2D eigenvalue weighted by Crippen LogP contribution is 2.41. The summed E-state index contributed by atoms with van der Waals surface area (Å²) in [5, 5.41) is 0.358. The van der Waals surface area contributed by atoms with Crippen LogP contribution in [0.25, 0.3) is 22.3 Å². The minimum Gasteiger partial charge on any atom is -0.493 e. The second kappa shape index (κ2) is 8.20. The van der Waals surface area contributed by atoms with Gasteiger partial charge in [-0.25, -0.2) is 4.98 Å². The van der Waals surface area contributed by atoms with Crippen molar-refractivity contribution in [1.82, 2.24) is 9.97 Å². The number of ether oxygens (including phenoxy) is 3. The first-order valence-corrected chi connectivity index (χ1v) is 7.65. The van der Waals surface area contributed by atoms with Gasteiger partial charge in [0.2, 0.25) is 5.75 Å². The molecule has 138 valence electrons. The Bertz CT molecular complexity index is 971. The number of aromatic amines is 1. The first-order chi connectivity index (χ1) is 12.1. The van der Waals surface area contributed by atoms with Gasteiger partial charge in [-0.1, -0.05) is 24.3 Å². The first kappa shape index (κ1) is 19.7. The Kier molecular flexibility index (Phi) is 6.23. The van der Waals surface area contributed by atoms with Crippen LogP contribution in [0.3, 0.4) is 0 Å². The molecule has 0 fully saturated rings. The fourth-order valence-corrected chi connectivity index (χ4v) is 2.68. The predicted molar refractivity (Wildman–Crippen MR) is 106 cm³/mol. The molecule has 0 aliphatic rings. The summed E-state index contributed by atoms with van der Waals surface area (Å²) in [6, 6.07) is 9.10. The second-order valence-corrected chi connectivity index (χ2v) is 5.36. The third kappa shape index (κ3) is 3.38. The quantitative estimate of drug-likeness (QED) is 0.656. The van der Waals surface area contributed by atoms with E-state index in [-0.39, 0.29) is 22.5 Å². The SMILES string of the molecule is Br.COc1cc2c(=O)[nH]c(-c3ccc(CN)cc3)nc2c(OC)c1OC. The zero-order valence-electron chi connectivity index (χ0n) is 14.7. The van der Waals surface area contributed by atoms with Crippen molar-refractivity contribution in [2.24, 2.45) is 5.73 Å². The Hall–Kier alpha value is -2.58. The second-order valence-electron chi connectivity index (χ2n) is 5.36. The Morgan fingerprint density at radius 3 is 2.23 bits per heavy atom. The Morgan fingerprint density at radius 2 is 1.69 bits per heavy atom. The van der Waals surface area contributed by atoms with Crippen LogP contribution in [0.1, 0.15) is 5.56 Å². The highest BCUT2D eigenvalue weighted by Gasteiger charge is 2.19. The Morgan fingerprint density at radius 1 is 1.04 bits per heavy atom. The summed E-state index contributed by atoms with van der Waals surface area (Å²) in [5.41, 5.74) is 7.50. The molecule has 0 saturated heterocycles. The van der Waals surface area contributed by atoms with Crippen molar-refractivity contribution in [1.29, 1.82) is 0 Å². The lowest BCUT2D eigenvalue weighted by atomic mass is 10.1. The largest absolute Gasteiger partial charge is 0.493 e. The molecule has 0 amide bonds. The van der Waals surface area contributed by atoms with Crippen LogP contribution < -0.4 is 25.5 Å². The van der Waals surface area contributed by atoms with Crippen LogP contribution in [0, 0.1) is 0 Å². The van der Waals surface area contributed by atoms with E-state index in [4.69, 9.17) is 19.9 Å². The molecule has 0 aliphatic carbocycles. The van der Waals surface area contributed by atoms with Crippen LogP contribution >= 0.6 is 17.0 Å². The van der Waals surface area contributed by atoms with Crippen molar-refractivity contribution < 1.29 is 14.2 Å². The van der Waals surface area contributed by atoms with E-state index in [2.05, 4.69) is 9.97 Å². The summed E-state index contributed by atoms with van der Waals surface area (Å²) in [6.07, 6.45) is 0. The summed E-state index contributed by atoms with van der Waals surface area (Å²) < 4.78 is 16.1. The van der Waals surface area contributed by atoms with Gasteiger partial charge in [-0.05, 0) is 11.6 Å². The van der Waals surface area contributed by atoms with Gasteiger partial charge in [-0.2, -0.15) is 0 Å². The minimum absolute atomic E-state index is 0. The summed E-state index contributed by atoms with van der Waals surface area (Å²) >= 11 is 0. The number of rotatable bonds is 5. The number of hydrogen-bond acceptors (Lipinski definition) is 6. The zero-order chi connectivity index (χ0) is 18.0. The number of hydrogen-bond donors (Lipinski definition) is 2. The average molecular weight is 422 g/mol. The van der Waals surface area contributed by atoms with E-state index in [1.165, 1.54) is 21.3 Å². The number of fused-ring (bicyclic) bond motifs is 1. The van der Waals surface area contributed by atoms with E-state index in [0.717, 1.165) is 11.1 Å². The van der Waals surface area contributed by atoms with Crippen LogP contribution in [0.2, 0.25) is 0 Å².